The summed E-state index contributed by atoms with van der Waals surface area (Å²) >= 11 is 0. The van der Waals surface area contributed by atoms with Crippen LogP contribution in [0.2, 0.25) is 0 Å². The number of benzene rings is 18. The number of rotatable bonds is 15. The minimum Gasteiger partial charge on any atom is -0.464 e. The van der Waals surface area contributed by atoms with Crippen molar-refractivity contribution in [2.45, 2.75) is 0 Å². The maximum atomic E-state index is 5.99. The fourth-order valence-corrected chi connectivity index (χ4v) is 19.3. The zero-order valence-corrected chi connectivity index (χ0v) is 74.4. The van der Waals surface area contributed by atoms with Gasteiger partial charge in [0, 0.05) is 99.5 Å². The van der Waals surface area contributed by atoms with E-state index in [-0.39, 0.29) is 0 Å². The highest BCUT2D eigenvalue weighted by Crippen LogP contribution is 2.44. The molecular formula is C125H80N10O3. The summed E-state index contributed by atoms with van der Waals surface area (Å²) in [6.07, 6.45) is 5.29. The maximum absolute atomic E-state index is 5.99. The molecule has 0 aliphatic heterocycles. The lowest BCUT2D eigenvalue weighted by molar-refractivity contribution is 0.619. The van der Waals surface area contributed by atoms with Gasteiger partial charge in [-0.2, -0.15) is 0 Å². The Kier molecular flexibility index (Phi) is 20.6. The van der Waals surface area contributed by atoms with Crippen molar-refractivity contribution in [2.75, 3.05) is 0 Å². The third-order valence-corrected chi connectivity index (χ3v) is 25.9. The Hall–Kier alpha value is -18.9. The average Bonchev–Trinajstić information content (AvgIpc) is 1.59. The van der Waals surface area contributed by atoms with Gasteiger partial charge in [-0.3, -0.25) is 0 Å². The molecule has 138 heavy (non-hydrogen) atoms. The van der Waals surface area contributed by atoms with E-state index < -0.39 is 0 Å². The molecule has 9 heterocycles. The molecule has 0 amide bonds. The van der Waals surface area contributed by atoms with Crippen molar-refractivity contribution < 1.29 is 13.3 Å². The number of para-hydroxylation sites is 3. The number of aromatic nitrogens is 10. The highest BCUT2D eigenvalue weighted by molar-refractivity contribution is 6.22. The number of furan rings is 3. The van der Waals surface area contributed by atoms with Gasteiger partial charge in [0.15, 0.2) is 29.1 Å². The molecular weight excluding hydrogens is 1690 g/mol. The molecule has 0 fully saturated rings. The van der Waals surface area contributed by atoms with Gasteiger partial charge in [0.05, 0.1) is 90.8 Å². The smallest absolute Gasteiger partial charge is 0.164 e. The third kappa shape index (κ3) is 15.1. The molecule has 27 aromatic rings. The largest absolute Gasteiger partial charge is 0.464 e. The van der Waals surface area contributed by atoms with Crippen molar-refractivity contribution in [1.29, 1.82) is 0 Å². The molecule has 0 radical (unpaired) electrons. The molecule has 0 saturated heterocycles. The van der Waals surface area contributed by atoms with Gasteiger partial charge < -0.3 is 27.0 Å². The van der Waals surface area contributed by atoms with E-state index >= 15 is 0 Å². The third-order valence-electron chi connectivity index (χ3n) is 25.9. The van der Waals surface area contributed by atoms with Crippen LogP contribution in [-0.4, -0.2) is 48.6 Å². The Morgan fingerprint density at radius 3 is 0.732 bits per heavy atom. The van der Waals surface area contributed by atoms with Crippen molar-refractivity contribution in [2.24, 2.45) is 0 Å². The molecule has 18 aromatic carbocycles. The average molecular weight is 1770 g/mol. The standard InChI is InChI=1S/2C42H27N3O.C41H26N4O/c1-3-10-28(11-4-1)29-18-20-30(21-19-29)36-27-37(44-42(43-36)32-12-5-2-6-13-32)33-14-9-15-34(26-33)45-38-17-8-7-16-35(38)40-39(45)23-22-31-24-25-46-41(31)40;1-3-10-28(11-4-1)29-18-20-31(21-19-29)37-27-36(30-12-5-2-6-13-30)43-42(44-37)33-14-9-15-34(26-33)45-38-17-8-7-16-35(38)40-39(45)23-22-32-24-25-46-41(32)40;1-3-10-27(11-4-1)28-18-20-31(21-19-28)40-42-39(30-12-5-2-6-13-30)43-41(44-40)32-14-9-15-33(26-32)45-35-17-8-7-16-34(35)37-36(45)23-22-29-24-25-46-38(29)37/h2*1-27H;1-26H. The van der Waals surface area contributed by atoms with Gasteiger partial charge in [-0.25, -0.2) is 34.9 Å². The van der Waals surface area contributed by atoms with E-state index in [0.717, 1.165) is 194 Å². The lowest BCUT2D eigenvalue weighted by Crippen LogP contribution is -2.01. The summed E-state index contributed by atoms with van der Waals surface area (Å²) in [6, 6.07) is 162. The van der Waals surface area contributed by atoms with E-state index in [4.69, 9.17) is 48.1 Å². The van der Waals surface area contributed by atoms with Gasteiger partial charge in [-0.05, 0) is 155 Å². The second kappa shape index (κ2) is 35.0. The SMILES string of the molecule is c1ccc(-c2ccc(-c3cc(-c4cccc(-n5c6ccccc6c6c7occc7ccc65)c4)nc(-c4ccccc4)n3)cc2)cc1.c1ccc(-c2ccc(-c3cc(-c4ccccc4)nc(-c4cccc(-n5c6ccccc6c6c7occc7ccc65)c4)n3)cc2)cc1.c1ccc(-c2ccc(-c3nc(-c4ccccc4)nc(-c4cccc(-n5c6ccccc6c6c7occc7ccc65)c4)n3)cc2)cc1. The highest BCUT2D eigenvalue weighted by Gasteiger charge is 2.24. The fraction of sp³-hybridized carbons (Fsp3) is 0. The Bertz CT molecular complexity index is 8380. The fourth-order valence-electron chi connectivity index (χ4n) is 19.3. The first-order valence-corrected chi connectivity index (χ1v) is 46.1. The topological polar surface area (TPSA) is 144 Å². The summed E-state index contributed by atoms with van der Waals surface area (Å²) in [5.41, 5.74) is 31.9. The second-order valence-corrected chi connectivity index (χ2v) is 34.3. The zero-order chi connectivity index (χ0) is 91.4. The molecule has 27 rings (SSSR count). The first-order valence-electron chi connectivity index (χ1n) is 46.1. The molecule has 0 atom stereocenters. The van der Waals surface area contributed by atoms with Crippen LogP contribution in [0.15, 0.2) is 499 Å². The number of fused-ring (bicyclic) bond motifs is 15. The monoisotopic (exact) mass is 1770 g/mol. The summed E-state index contributed by atoms with van der Waals surface area (Å²) in [4.78, 5) is 35.4. The van der Waals surface area contributed by atoms with E-state index in [1.54, 1.807) is 18.8 Å². The van der Waals surface area contributed by atoms with E-state index in [1.165, 1.54) is 27.8 Å². The van der Waals surface area contributed by atoms with Crippen molar-refractivity contribution in [3.63, 3.8) is 0 Å². The van der Waals surface area contributed by atoms with Crippen molar-refractivity contribution in [3.05, 3.63) is 486 Å². The summed E-state index contributed by atoms with van der Waals surface area (Å²) < 4.78 is 24.9. The van der Waals surface area contributed by atoms with Crippen molar-refractivity contribution in [3.8, 4) is 152 Å². The highest BCUT2D eigenvalue weighted by atomic mass is 16.3. The van der Waals surface area contributed by atoms with E-state index in [0.29, 0.717) is 29.1 Å². The number of hydrogen-bond donors (Lipinski definition) is 0. The van der Waals surface area contributed by atoms with Crippen LogP contribution in [-0.2, 0) is 0 Å². The molecule has 0 aliphatic rings. The Morgan fingerprint density at radius 2 is 0.384 bits per heavy atom. The molecule has 0 spiro atoms. The van der Waals surface area contributed by atoms with Crippen LogP contribution >= 0.6 is 0 Å². The Morgan fingerprint density at radius 1 is 0.152 bits per heavy atom. The molecule has 13 heteroatoms. The van der Waals surface area contributed by atoms with Gasteiger partial charge in [-0.15, -0.1) is 0 Å². The van der Waals surface area contributed by atoms with Gasteiger partial charge in [0.1, 0.15) is 16.7 Å². The Labute approximate surface area is 793 Å². The summed E-state index contributed by atoms with van der Waals surface area (Å²) in [5.74, 6) is 3.26. The molecule has 9 aromatic heterocycles. The van der Waals surface area contributed by atoms with Gasteiger partial charge in [0.2, 0.25) is 0 Å². The lowest BCUT2D eigenvalue weighted by Gasteiger charge is -2.12. The second-order valence-electron chi connectivity index (χ2n) is 34.3. The number of nitrogens with zero attached hydrogens (tertiary/aromatic N) is 10. The van der Waals surface area contributed by atoms with E-state index in [2.05, 4.69) is 378 Å². The molecule has 0 bridgehead atoms. The van der Waals surface area contributed by atoms with Crippen molar-refractivity contribution >= 4 is 98.3 Å². The summed E-state index contributed by atoms with van der Waals surface area (Å²) in [6.45, 7) is 0. The molecule has 0 saturated carbocycles. The molecule has 0 aliphatic carbocycles. The maximum Gasteiger partial charge on any atom is 0.164 e. The van der Waals surface area contributed by atoms with Crippen LogP contribution in [0.25, 0.3) is 251 Å². The van der Waals surface area contributed by atoms with Crippen LogP contribution in [0.5, 0.6) is 0 Å². The van der Waals surface area contributed by atoms with Crippen LogP contribution in [0.4, 0.5) is 0 Å². The minimum atomic E-state index is 0.618. The zero-order valence-electron chi connectivity index (χ0n) is 74.4. The molecule has 648 valence electrons. The quantitative estimate of drug-likeness (QED) is 0.0972. The first-order chi connectivity index (χ1) is 68.4. The lowest BCUT2D eigenvalue weighted by atomic mass is 10.0. The minimum absolute atomic E-state index is 0.618. The molecule has 13 nitrogen and oxygen atoms in total. The van der Waals surface area contributed by atoms with Crippen LogP contribution in [0, 0.1) is 0 Å². The first kappa shape index (κ1) is 81.2. The van der Waals surface area contributed by atoms with Gasteiger partial charge in [0.25, 0.3) is 0 Å². The van der Waals surface area contributed by atoms with E-state index in [9.17, 15) is 0 Å². The van der Waals surface area contributed by atoms with Crippen LogP contribution in [0.1, 0.15) is 0 Å². The predicted octanol–water partition coefficient (Wildman–Crippen LogP) is 32.4. The number of hydrogen-bond acceptors (Lipinski definition) is 10. The van der Waals surface area contributed by atoms with Gasteiger partial charge >= 0.3 is 0 Å². The summed E-state index contributed by atoms with van der Waals surface area (Å²) in [5, 5.41) is 10.1. The van der Waals surface area contributed by atoms with Crippen molar-refractivity contribution in [1.82, 2.24) is 48.6 Å². The van der Waals surface area contributed by atoms with Gasteiger partial charge in [-0.1, -0.05) is 346 Å². The van der Waals surface area contributed by atoms with Crippen LogP contribution in [0.3, 0.4) is 0 Å². The van der Waals surface area contributed by atoms with E-state index in [1.807, 2.05) is 103 Å². The predicted molar refractivity (Wildman–Crippen MR) is 561 cm³/mol. The molecule has 0 unspecified atom stereocenters. The summed E-state index contributed by atoms with van der Waals surface area (Å²) in [7, 11) is 0. The molecule has 0 N–H and O–H groups in total. The Balaban J connectivity index is 0.000000110. The normalized spacial score (nSPS) is 11.5. The van der Waals surface area contributed by atoms with Crippen LogP contribution < -0.4 is 0 Å².